The SMILES string of the molecule is CCCCc1c(O)c(-c2ccccc2)c(-c2ccccc2)c(OC)c1F. The third-order valence-electron chi connectivity index (χ3n) is 4.57. The van der Waals surface area contributed by atoms with Gasteiger partial charge in [0.15, 0.2) is 11.6 Å². The number of halogens is 1. The Labute approximate surface area is 153 Å². The van der Waals surface area contributed by atoms with Crippen LogP contribution in [-0.4, -0.2) is 12.2 Å². The zero-order valence-corrected chi connectivity index (χ0v) is 15.1. The van der Waals surface area contributed by atoms with Gasteiger partial charge in [0.05, 0.1) is 7.11 Å². The van der Waals surface area contributed by atoms with Gasteiger partial charge in [-0.1, -0.05) is 74.0 Å². The van der Waals surface area contributed by atoms with Crippen molar-refractivity contribution in [1.29, 1.82) is 0 Å². The Morgan fingerprint density at radius 3 is 1.92 bits per heavy atom. The summed E-state index contributed by atoms with van der Waals surface area (Å²) >= 11 is 0. The number of phenolic OH excluding ortho intramolecular Hbond substituents is 1. The minimum absolute atomic E-state index is 0.00167. The van der Waals surface area contributed by atoms with E-state index in [0.717, 1.165) is 24.0 Å². The van der Waals surface area contributed by atoms with E-state index in [1.54, 1.807) is 0 Å². The molecule has 0 heterocycles. The molecule has 134 valence electrons. The van der Waals surface area contributed by atoms with Crippen molar-refractivity contribution in [2.75, 3.05) is 7.11 Å². The van der Waals surface area contributed by atoms with E-state index in [1.165, 1.54) is 7.11 Å². The van der Waals surface area contributed by atoms with Crippen LogP contribution in [0, 0.1) is 5.82 Å². The van der Waals surface area contributed by atoms with Gasteiger partial charge < -0.3 is 9.84 Å². The van der Waals surface area contributed by atoms with Gasteiger partial charge in [0, 0.05) is 16.7 Å². The van der Waals surface area contributed by atoms with E-state index in [4.69, 9.17) is 4.74 Å². The van der Waals surface area contributed by atoms with Crippen molar-refractivity contribution in [2.24, 2.45) is 0 Å². The summed E-state index contributed by atoms with van der Waals surface area (Å²) in [6, 6.07) is 19.1. The Hall–Kier alpha value is -2.81. The van der Waals surface area contributed by atoms with Crippen molar-refractivity contribution in [3.63, 3.8) is 0 Å². The minimum Gasteiger partial charge on any atom is -0.507 e. The van der Waals surface area contributed by atoms with E-state index in [9.17, 15) is 5.11 Å². The fourth-order valence-electron chi connectivity index (χ4n) is 3.27. The smallest absolute Gasteiger partial charge is 0.172 e. The lowest BCUT2D eigenvalue weighted by molar-refractivity contribution is 0.380. The quantitative estimate of drug-likeness (QED) is 0.572. The maximum atomic E-state index is 15.2. The van der Waals surface area contributed by atoms with E-state index in [-0.39, 0.29) is 11.5 Å². The number of methoxy groups -OCH3 is 1. The normalized spacial score (nSPS) is 10.7. The molecule has 0 aliphatic heterocycles. The molecule has 26 heavy (non-hydrogen) atoms. The van der Waals surface area contributed by atoms with Crippen LogP contribution in [0.1, 0.15) is 25.3 Å². The van der Waals surface area contributed by atoms with Crippen molar-refractivity contribution in [3.8, 4) is 33.8 Å². The van der Waals surface area contributed by atoms with Crippen molar-refractivity contribution < 1.29 is 14.2 Å². The predicted molar refractivity (Wildman–Crippen MR) is 104 cm³/mol. The van der Waals surface area contributed by atoms with Gasteiger partial charge in [-0.05, 0) is 24.0 Å². The van der Waals surface area contributed by atoms with Crippen LogP contribution in [0.4, 0.5) is 4.39 Å². The fourth-order valence-corrected chi connectivity index (χ4v) is 3.27. The third kappa shape index (κ3) is 3.30. The van der Waals surface area contributed by atoms with E-state index in [0.29, 0.717) is 23.1 Å². The van der Waals surface area contributed by atoms with E-state index in [2.05, 4.69) is 0 Å². The largest absolute Gasteiger partial charge is 0.507 e. The van der Waals surface area contributed by atoms with Gasteiger partial charge in [-0.15, -0.1) is 0 Å². The summed E-state index contributed by atoms with van der Waals surface area (Å²) < 4.78 is 20.7. The Kier molecular flexibility index (Phi) is 5.57. The molecule has 3 aromatic rings. The van der Waals surface area contributed by atoms with Crippen LogP contribution in [0.15, 0.2) is 60.7 Å². The van der Waals surface area contributed by atoms with E-state index in [1.807, 2.05) is 67.6 Å². The highest BCUT2D eigenvalue weighted by Crippen LogP contribution is 2.48. The Morgan fingerprint density at radius 2 is 1.42 bits per heavy atom. The Morgan fingerprint density at radius 1 is 0.885 bits per heavy atom. The van der Waals surface area contributed by atoms with Gasteiger partial charge in [-0.2, -0.15) is 0 Å². The van der Waals surface area contributed by atoms with Gasteiger partial charge in [0.2, 0.25) is 0 Å². The molecule has 2 nitrogen and oxygen atoms in total. The number of aromatic hydroxyl groups is 1. The predicted octanol–water partition coefficient (Wildman–Crippen LogP) is 6.22. The molecule has 3 heteroatoms. The summed E-state index contributed by atoms with van der Waals surface area (Å²) in [5, 5.41) is 11.0. The topological polar surface area (TPSA) is 29.5 Å². The zero-order valence-electron chi connectivity index (χ0n) is 15.1. The van der Waals surface area contributed by atoms with E-state index < -0.39 is 5.82 Å². The molecule has 0 saturated heterocycles. The van der Waals surface area contributed by atoms with Crippen molar-refractivity contribution in [1.82, 2.24) is 0 Å². The molecule has 0 unspecified atom stereocenters. The number of hydrogen-bond donors (Lipinski definition) is 1. The highest BCUT2D eigenvalue weighted by molar-refractivity contribution is 5.92. The number of unbranched alkanes of at least 4 members (excludes halogenated alkanes) is 1. The monoisotopic (exact) mass is 350 g/mol. The summed E-state index contributed by atoms with van der Waals surface area (Å²) in [5.74, 6) is -0.294. The van der Waals surface area contributed by atoms with Crippen LogP contribution >= 0.6 is 0 Å². The lowest BCUT2D eigenvalue weighted by Crippen LogP contribution is -2.02. The highest BCUT2D eigenvalue weighted by atomic mass is 19.1. The first-order valence-electron chi connectivity index (χ1n) is 8.91. The average Bonchev–Trinajstić information content (AvgIpc) is 2.69. The Bertz CT molecular complexity index is 874. The van der Waals surface area contributed by atoms with Gasteiger partial charge >= 0.3 is 0 Å². The van der Waals surface area contributed by atoms with Crippen LogP contribution in [-0.2, 0) is 6.42 Å². The molecule has 0 atom stereocenters. The first-order valence-corrected chi connectivity index (χ1v) is 8.91. The minimum atomic E-state index is -0.475. The van der Waals surface area contributed by atoms with Crippen LogP contribution in [0.5, 0.6) is 11.5 Å². The Balaban J connectivity index is 2.38. The van der Waals surface area contributed by atoms with Crippen LogP contribution in [0.25, 0.3) is 22.3 Å². The molecule has 0 radical (unpaired) electrons. The summed E-state index contributed by atoms with van der Waals surface area (Å²) in [4.78, 5) is 0. The standard InChI is InChI=1S/C23H23FO2/c1-3-4-15-18-21(24)23(26-2)20(17-13-9-6-10-14-17)19(22(18)25)16-11-7-5-8-12-16/h5-14,25H,3-4,15H2,1-2H3. The zero-order chi connectivity index (χ0) is 18.5. The highest BCUT2D eigenvalue weighted by Gasteiger charge is 2.26. The third-order valence-corrected chi connectivity index (χ3v) is 4.57. The fraction of sp³-hybridized carbons (Fsp3) is 0.217. The van der Waals surface area contributed by atoms with Crippen molar-refractivity contribution >= 4 is 0 Å². The molecule has 0 spiro atoms. The molecule has 3 aromatic carbocycles. The van der Waals surface area contributed by atoms with Gasteiger partial charge in [0.1, 0.15) is 5.75 Å². The van der Waals surface area contributed by atoms with Crippen molar-refractivity contribution in [3.05, 3.63) is 72.0 Å². The number of benzene rings is 3. The lowest BCUT2D eigenvalue weighted by atomic mass is 9.89. The molecule has 0 aliphatic carbocycles. The van der Waals surface area contributed by atoms with Crippen LogP contribution < -0.4 is 4.74 Å². The van der Waals surface area contributed by atoms with Gasteiger partial charge in [0.25, 0.3) is 0 Å². The number of phenols is 1. The second kappa shape index (κ2) is 8.05. The summed E-state index contributed by atoms with van der Waals surface area (Å²) in [7, 11) is 1.47. The number of ether oxygens (including phenoxy) is 1. The second-order valence-corrected chi connectivity index (χ2v) is 6.26. The molecular weight excluding hydrogens is 327 g/mol. The maximum Gasteiger partial charge on any atom is 0.172 e. The van der Waals surface area contributed by atoms with Gasteiger partial charge in [-0.3, -0.25) is 0 Å². The molecular formula is C23H23FO2. The van der Waals surface area contributed by atoms with Crippen LogP contribution in [0.3, 0.4) is 0 Å². The number of rotatable bonds is 6. The molecule has 0 saturated carbocycles. The lowest BCUT2D eigenvalue weighted by Gasteiger charge is -2.20. The van der Waals surface area contributed by atoms with E-state index >= 15 is 4.39 Å². The number of hydrogen-bond acceptors (Lipinski definition) is 2. The molecule has 3 rings (SSSR count). The molecule has 1 N–H and O–H groups in total. The molecule has 0 aliphatic rings. The maximum absolute atomic E-state index is 15.2. The second-order valence-electron chi connectivity index (χ2n) is 6.26. The summed E-state index contributed by atoms with van der Waals surface area (Å²) in [6.07, 6.45) is 2.19. The molecule has 0 fully saturated rings. The van der Waals surface area contributed by atoms with Gasteiger partial charge in [-0.25, -0.2) is 4.39 Å². The van der Waals surface area contributed by atoms with Crippen LogP contribution in [0.2, 0.25) is 0 Å². The average molecular weight is 350 g/mol. The first-order chi connectivity index (χ1) is 12.7. The molecule has 0 aromatic heterocycles. The first kappa shape index (κ1) is 18.0. The summed E-state index contributed by atoms with van der Waals surface area (Å²) in [5.41, 5.74) is 3.15. The van der Waals surface area contributed by atoms with Crippen molar-refractivity contribution in [2.45, 2.75) is 26.2 Å². The molecule has 0 bridgehead atoms. The molecule has 0 amide bonds. The summed E-state index contributed by atoms with van der Waals surface area (Å²) in [6.45, 7) is 2.04.